The van der Waals surface area contributed by atoms with Gasteiger partial charge in [0.15, 0.2) is 0 Å². The van der Waals surface area contributed by atoms with Crippen molar-refractivity contribution in [2.75, 3.05) is 33.3 Å². The number of hydrogen-bond acceptors (Lipinski definition) is 4. The van der Waals surface area contributed by atoms with Crippen LogP contribution in [0.1, 0.15) is 29.5 Å². The molecule has 0 unspecified atom stereocenters. The average molecular weight is 417 g/mol. The molecule has 0 aliphatic carbocycles. The van der Waals surface area contributed by atoms with Crippen molar-refractivity contribution in [1.29, 1.82) is 5.26 Å². The van der Waals surface area contributed by atoms with Crippen molar-refractivity contribution in [1.82, 2.24) is 14.2 Å². The smallest absolute Gasteiger partial charge is 0.222 e. The number of carbonyl (C=O) groups excluding carboxylic acids is 1. The summed E-state index contributed by atoms with van der Waals surface area (Å²) in [5.74, 6) is 1.04. The number of aromatic nitrogens is 1. The Morgan fingerprint density at radius 2 is 1.94 bits per heavy atom. The first kappa shape index (κ1) is 21.0. The molecular weight excluding hydrogens is 388 g/mol. The van der Waals surface area contributed by atoms with Gasteiger partial charge in [-0.05, 0) is 42.7 Å². The molecule has 1 amide bonds. The molecule has 4 rings (SSSR count). The molecule has 0 N–H and O–H groups in total. The number of methoxy groups -OCH3 is 1. The zero-order valence-electron chi connectivity index (χ0n) is 18.0. The van der Waals surface area contributed by atoms with Crippen LogP contribution in [0.15, 0.2) is 54.9 Å². The zero-order chi connectivity index (χ0) is 21.6. The molecule has 1 saturated heterocycles. The van der Waals surface area contributed by atoms with E-state index < -0.39 is 0 Å². The van der Waals surface area contributed by atoms with Gasteiger partial charge in [-0.25, -0.2) is 0 Å². The summed E-state index contributed by atoms with van der Waals surface area (Å²) in [7, 11) is 1.65. The third kappa shape index (κ3) is 4.89. The molecule has 160 valence electrons. The summed E-state index contributed by atoms with van der Waals surface area (Å²) in [6, 6.07) is 16.2. The molecule has 3 aromatic rings. The molecular formula is C25H28N4O2. The Kier molecular flexibility index (Phi) is 6.54. The molecule has 2 aromatic heterocycles. The maximum atomic E-state index is 12.8. The highest BCUT2D eigenvalue weighted by Crippen LogP contribution is 2.20. The Morgan fingerprint density at radius 3 is 2.71 bits per heavy atom. The van der Waals surface area contributed by atoms with E-state index in [2.05, 4.69) is 17.2 Å². The predicted molar refractivity (Wildman–Crippen MR) is 120 cm³/mol. The van der Waals surface area contributed by atoms with Crippen molar-refractivity contribution in [2.24, 2.45) is 0 Å². The second kappa shape index (κ2) is 9.67. The highest BCUT2D eigenvalue weighted by atomic mass is 16.5. The highest BCUT2D eigenvalue weighted by Gasteiger charge is 2.20. The quantitative estimate of drug-likeness (QED) is 0.617. The number of nitriles is 1. The summed E-state index contributed by atoms with van der Waals surface area (Å²) in [6.07, 6.45) is 6.24. The minimum Gasteiger partial charge on any atom is -0.497 e. The molecule has 0 atom stereocenters. The van der Waals surface area contributed by atoms with Gasteiger partial charge in [-0.3, -0.25) is 9.69 Å². The largest absolute Gasteiger partial charge is 0.497 e. The number of rotatable bonds is 6. The van der Waals surface area contributed by atoms with Crippen LogP contribution in [0.25, 0.3) is 5.52 Å². The number of pyridine rings is 1. The number of amides is 1. The Labute approximate surface area is 183 Å². The highest BCUT2D eigenvalue weighted by molar-refractivity contribution is 5.76. The summed E-state index contributed by atoms with van der Waals surface area (Å²) in [5, 5.41) is 9.65. The van der Waals surface area contributed by atoms with E-state index in [-0.39, 0.29) is 5.91 Å². The van der Waals surface area contributed by atoms with Crippen LogP contribution in [-0.4, -0.2) is 53.4 Å². The lowest BCUT2D eigenvalue weighted by atomic mass is 10.1. The van der Waals surface area contributed by atoms with Gasteiger partial charge in [0.2, 0.25) is 5.91 Å². The van der Waals surface area contributed by atoms with Crippen molar-refractivity contribution in [3.05, 3.63) is 71.5 Å². The molecule has 1 aliphatic rings. The SMILES string of the molecule is COc1ccc(CCC(=O)N2CCCN(Cc3cn4ccccc4c3C#N)CC2)cc1. The van der Waals surface area contributed by atoms with Gasteiger partial charge in [-0.15, -0.1) is 0 Å². The van der Waals surface area contributed by atoms with E-state index in [1.807, 2.05) is 58.0 Å². The molecule has 1 fully saturated rings. The van der Waals surface area contributed by atoms with Crippen molar-refractivity contribution in [3.63, 3.8) is 0 Å². The predicted octanol–water partition coefficient (Wildman–Crippen LogP) is 3.49. The van der Waals surface area contributed by atoms with Crippen molar-refractivity contribution < 1.29 is 9.53 Å². The van der Waals surface area contributed by atoms with Gasteiger partial charge in [0, 0.05) is 57.1 Å². The summed E-state index contributed by atoms with van der Waals surface area (Å²) in [5.41, 5.74) is 3.89. The molecule has 31 heavy (non-hydrogen) atoms. The van der Waals surface area contributed by atoms with Crippen LogP contribution in [0.4, 0.5) is 0 Å². The molecule has 0 radical (unpaired) electrons. The zero-order valence-corrected chi connectivity index (χ0v) is 18.0. The van der Waals surface area contributed by atoms with Crippen molar-refractivity contribution in [2.45, 2.75) is 25.8 Å². The number of fused-ring (bicyclic) bond motifs is 1. The molecule has 0 spiro atoms. The Morgan fingerprint density at radius 1 is 1.10 bits per heavy atom. The van der Waals surface area contributed by atoms with Crippen molar-refractivity contribution >= 4 is 11.4 Å². The average Bonchev–Trinajstić information content (AvgIpc) is 2.98. The molecule has 3 heterocycles. The lowest BCUT2D eigenvalue weighted by molar-refractivity contribution is -0.131. The summed E-state index contributed by atoms with van der Waals surface area (Å²) >= 11 is 0. The van der Waals surface area contributed by atoms with Crippen LogP contribution >= 0.6 is 0 Å². The van der Waals surface area contributed by atoms with E-state index in [0.717, 1.165) is 73.5 Å². The van der Waals surface area contributed by atoms with Gasteiger partial charge in [-0.1, -0.05) is 18.2 Å². The lowest BCUT2D eigenvalue weighted by Gasteiger charge is -2.22. The Balaban J connectivity index is 1.33. The van der Waals surface area contributed by atoms with E-state index in [4.69, 9.17) is 4.74 Å². The van der Waals surface area contributed by atoms with E-state index in [1.165, 1.54) is 0 Å². The number of aryl methyl sites for hydroxylation is 1. The van der Waals surface area contributed by atoms with E-state index in [0.29, 0.717) is 6.42 Å². The number of carbonyl (C=O) groups is 1. The first-order valence-electron chi connectivity index (χ1n) is 10.8. The van der Waals surface area contributed by atoms with Gasteiger partial charge in [0.05, 0.1) is 18.2 Å². The molecule has 0 saturated carbocycles. The summed E-state index contributed by atoms with van der Waals surface area (Å²) in [6.45, 7) is 4.01. The normalized spacial score (nSPS) is 14.9. The Hall–Kier alpha value is -3.30. The van der Waals surface area contributed by atoms with Gasteiger partial charge in [0.25, 0.3) is 0 Å². The minimum absolute atomic E-state index is 0.213. The van der Waals surface area contributed by atoms with Gasteiger partial charge < -0.3 is 14.0 Å². The summed E-state index contributed by atoms with van der Waals surface area (Å²) < 4.78 is 7.20. The van der Waals surface area contributed by atoms with Crippen LogP contribution in [0.3, 0.4) is 0 Å². The third-order valence-corrected chi connectivity index (χ3v) is 6.00. The minimum atomic E-state index is 0.213. The molecule has 1 aromatic carbocycles. The second-order valence-electron chi connectivity index (χ2n) is 7.99. The van der Waals surface area contributed by atoms with Crippen LogP contribution in [0.2, 0.25) is 0 Å². The second-order valence-corrected chi connectivity index (χ2v) is 7.99. The number of benzene rings is 1. The Bertz CT molecular complexity index is 1080. The van der Waals surface area contributed by atoms with E-state index in [9.17, 15) is 10.1 Å². The van der Waals surface area contributed by atoms with Crippen LogP contribution < -0.4 is 4.74 Å². The van der Waals surface area contributed by atoms with Gasteiger partial charge in [-0.2, -0.15) is 5.26 Å². The number of ether oxygens (including phenoxy) is 1. The fraction of sp³-hybridized carbons (Fsp3) is 0.360. The molecule has 0 bridgehead atoms. The van der Waals surface area contributed by atoms with Crippen molar-refractivity contribution in [3.8, 4) is 11.8 Å². The third-order valence-electron chi connectivity index (χ3n) is 6.00. The first-order chi connectivity index (χ1) is 15.2. The molecule has 1 aliphatic heterocycles. The van der Waals surface area contributed by atoms with Crippen LogP contribution in [0.5, 0.6) is 5.75 Å². The maximum Gasteiger partial charge on any atom is 0.222 e. The van der Waals surface area contributed by atoms with Crippen LogP contribution in [-0.2, 0) is 17.8 Å². The van der Waals surface area contributed by atoms with E-state index in [1.54, 1.807) is 7.11 Å². The fourth-order valence-electron chi connectivity index (χ4n) is 4.25. The monoisotopic (exact) mass is 416 g/mol. The topological polar surface area (TPSA) is 61.0 Å². The number of nitrogens with zero attached hydrogens (tertiary/aromatic N) is 4. The molecule has 6 heteroatoms. The summed E-state index contributed by atoms with van der Waals surface area (Å²) in [4.78, 5) is 17.1. The maximum absolute atomic E-state index is 12.8. The van der Waals surface area contributed by atoms with Gasteiger partial charge in [0.1, 0.15) is 11.8 Å². The lowest BCUT2D eigenvalue weighted by Crippen LogP contribution is -2.35. The standard InChI is InChI=1S/C25H28N4O2/c1-31-22-9-6-20(7-10-22)8-11-25(30)28-14-4-12-27(15-16-28)18-21-19-29-13-3-2-5-24(29)23(21)17-26/h2-3,5-7,9-10,13,19H,4,8,11-12,14-16,18H2,1H3. The fourth-order valence-corrected chi connectivity index (χ4v) is 4.25. The number of hydrogen-bond donors (Lipinski definition) is 0. The molecule has 6 nitrogen and oxygen atoms in total. The van der Waals surface area contributed by atoms with Crippen LogP contribution in [0, 0.1) is 11.3 Å². The van der Waals surface area contributed by atoms with E-state index >= 15 is 0 Å². The van der Waals surface area contributed by atoms with Gasteiger partial charge >= 0.3 is 0 Å². The first-order valence-corrected chi connectivity index (χ1v) is 10.8.